The number of hydrogen-bond donors (Lipinski definition) is 0. The van der Waals surface area contributed by atoms with Crippen molar-refractivity contribution in [3.8, 4) is 0 Å². The molecule has 1 aromatic rings. The number of halogens is 6. The fourth-order valence-electron chi connectivity index (χ4n) is 2.59. The molecule has 235 valence electrons. The smallest absolute Gasteiger partial charge is 0.741 e. The summed E-state index contributed by atoms with van der Waals surface area (Å²) in [4.78, 5) is 23.4. The van der Waals surface area contributed by atoms with E-state index in [9.17, 15) is 31.1 Å². The van der Waals surface area contributed by atoms with E-state index in [1.807, 2.05) is 13.0 Å². The predicted molar refractivity (Wildman–Crippen MR) is 122 cm³/mol. The fourth-order valence-corrected chi connectivity index (χ4v) is 2.59. The maximum Gasteiger partial charge on any atom is 2.00 e. The molecule has 1 aliphatic heterocycles. The second kappa shape index (κ2) is 17.4. The normalized spacial score (nSPS) is 16.5. The molecule has 2 heterocycles. The third-order valence-electron chi connectivity index (χ3n) is 4.74. The van der Waals surface area contributed by atoms with Crippen molar-refractivity contribution in [2.24, 2.45) is 0 Å². The van der Waals surface area contributed by atoms with Crippen molar-refractivity contribution in [3.63, 3.8) is 0 Å². The Labute approximate surface area is 238 Å². The van der Waals surface area contributed by atoms with Gasteiger partial charge in [0.15, 0.2) is 20.2 Å². The van der Waals surface area contributed by atoms with Gasteiger partial charge in [-0.05, 0) is 33.2 Å². The number of ether oxygens (including phenoxy) is 1. The van der Waals surface area contributed by atoms with Gasteiger partial charge in [-0.1, -0.05) is 0 Å². The summed E-state index contributed by atoms with van der Waals surface area (Å²) >= 11 is 0. The number of nitrogens with zero attached hydrogens (tertiary/aromatic N) is 4. The van der Waals surface area contributed by atoms with Crippen LogP contribution in [-0.4, -0.2) is 123 Å². The van der Waals surface area contributed by atoms with Crippen LogP contribution in [0, 0.1) is 0 Å². The molecule has 0 amide bonds. The number of esters is 1. The van der Waals surface area contributed by atoms with Gasteiger partial charge in [-0.3, -0.25) is 9.88 Å². The molecule has 0 N–H and O–H groups in total. The molecule has 12 nitrogen and oxygen atoms in total. The Morgan fingerprint density at radius 3 is 1.62 bits per heavy atom. The van der Waals surface area contributed by atoms with Crippen LogP contribution in [0.15, 0.2) is 18.3 Å². The van der Waals surface area contributed by atoms with Crippen LogP contribution in [-0.2, 0) is 48.3 Å². The Morgan fingerprint density at radius 1 is 0.900 bits per heavy atom. The van der Waals surface area contributed by atoms with Crippen molar-refractivity contribution >= 4 is 26.2 Å². The number of aromatic nitrogens is 1. The minimum Gasteiger partial charge on any atom is -0.741 e. The Hall–Kier alpha value is -1.59. The Bertz CT molecular complexity index is 1070. The van der Waals surface area contributed by atoms with E-state index in [1.165, 1.54) is 0 Å². The number of hydrogen-bond acceptors (Lipinski definition) is 12. The molecule has 40 heavy (non-hydrogen) atoms. The largest absolute Gasteiger partial charge is 2.00 e. The number of alkyl halides is 6. The zero-order valence-electron chi connectivity index (χ0n) is 21.4. The number of rotatable bonds is 4. The molecule has 1 saturated heterocycles. The van der Waals surface area contributed by atoms with Gasteiger partial charge in [-0.25, -0.2) is 21.6 Å². The van der Waals surface area contributed by atoms with Gasteiger partial charge in [-0.15, -0.1) is 0 Å². The van der Waals surface area contributed by atoms with Crippen LogP contribution < -0.4 is 0 Å². The molecule has 0 unspecified atom stereocenters. The van der Waals surface area contributed by atoms with E-state index in [1.54, 1.807) is 12.3 Å². The molecule has 1 radical (unpaired) electrons. The summed E-state index contributed by atoms with van der Waals surface area (Å²) in [6.07, 6.45) is 1.69. The molecule has 1 fully saturated rings. The summed E-state index contributed by atoms with van der Waals surface area (Å²) in [5, 5.41) is 0. The molecule has 21 heteroatoms. The number of likely N-dealkylation sites (N-methyl/N-ethyl adjacent to an activating group) is 2. The topological polar surface area (TPSA) is 163 Å². The van der Waals surface area contributed by atoms with Gasteiger partial charge in [0, 0.05) is 52.0 Å². The first-order valence-electron chi connectivity index (χ1n) is 10.8. The van der Waals surface area contributed by atoms with E-state index < -0.39 is 31.3 Å². The van der Waals surface area contributed by atoms with Crippen molar-refractivity contribution in [2.75, 3.05) is 60.0 Å². The quantitative estimate of drug-likeness (QED) is 0.193. The first kappa shape index (κ1) is 40.5. The standard InChI is InChI=1S/C17H28N4O2.2CHF3O3S.Co/c1-4-23-17(22)15-5-6-18-16(13-15)14-21-11-9-19(2)7-8-20(3)10-12-21;2*2-1(3,4)8(5,6)7;/h5-6,13H,4,7-12,14H2,1-3H3;2*(H,5,6,7);/q;;;+2/p-2. The van der Waals surface area contributed by atoms with E-state index >= 15 is 0 Å². The molecule has 2 rings (SSSR count). The van der Waals surface area contributed by atoms with Crippen molar-refractivity contribution < 1.29 is 78.6 Å². The minimum absolute atomic E-state index is 0. The molecule has 0 saturated carbocycles. The van der Waals surface area contributed by atoms with Crippen LogP contribution in [0.1, 0.15) is 23.0 Å². The molecule has 0 bridgehead atoms. The van der Waals surface area contributed by atoms with E-state index in [0.717, 1.165) is 51.5 Å². The molecule has 0 aliphatic carbocycles. The monoisotopic (exact) mass is 677 g/mol. The van der Waals surface area contributed by atoms with Gasteiger partial charge in [0.05, 0.1) is 17.9 Å². The van der Waals surface area contributed by atoms with E-state index in [4.69, 9.17) is 30.7 Å². The number of carbonyl (C=O) groups excluding carboxylic acids is 1. The summed E-state index contributed by atoms with van der Waals surface area (Å²) in [5.74, 6) is -0.278. The first-order chi connectivity index (χ1) is 17.6. The molecule has 0 spiro atoms. The molecular weight excluding hydrogens is 649 g/mol. The third-order valence-corrected chi connectivity index (χ3v) is 5.87. The van der Waals surface area contributed by atoms with Gasteiger partial charge in [0.1, 0.15) is 0 Å². The van der Waals surface area contributed by atoms with Crippen LogP contribution in [0.5, 0.6) is 0 Å². The zero-order valence-corrected chi connectivity index (χ0v) is 24.0. The van der Waals surface area contributed by atoms with Crippen molar-refractivity contribution in [2.45, 2.75) is 24.5 Å². The molecular formula is C19H28CoF6N4O8S2. The van der Waals surface area contributed by atoms with Crippen molar-refractivity contribution in [1.29, 1.82) is 0 Å². The summed E-state index contributed by atoms with van der Waals surface area (Å²) < 4.78 is 123. The summed E-state index contributed by atoms with van der Waals surface area (Å²) in [7, 11) is -7.85. The summed E-state index contributed by atoms with van der Waals surface area (Å²) in [6.45, 7) is 9.27. The summed E-state index contributed by atoms with van der Waals surface area (Å²) in [5.41, 5.74) is -9.80. The van der Waals surface area contributed by atoms with E-state index in [0.29, 0.717) is 12.2 Å². The van der Waals surface area contributed by atoms with Crippen LogP contribution in [0.25, 0.3) is 0 Å². The van der Waals surface area contributed by atoms with E-state index in [2.05, 4.69) is 33.8 Å². The molecule has 1 aromatic heterocycles. The average molecular weight is 678 g/mol. The number of pyridine rings is 1. The predicted octanol–water partition coefficient (Wildman–Crippen LogP) is 1.04. The van der Waals surface area contributed by atoms with Gasteiger partial charge in [-0.2, -0.15) is 26.3 Å². The van der Waals surface area contributed by atoms with Gasteiger partial charge < -0.3 is 23.6 Å². The van der Waals surface area contributed by atoms with Gasteiger partial charge in [0.25, 0.3) is 0 Å². The average Bonchev–Trinajstić information content (AvgIpc) is 2.84. The fraction of sp³-hybridized carbons (Fsp3) is 0.684. The third kappa shape index (κ3) is 16.6. The summed E-state index contributed by atoms with van der Waals surface area (Å²) in [6, 6.07) is 3.56. The minimum atomic E-state index is -6.09. The van der Waals surface area contributed by atoms with Crippen molar-refractivity contribution in [1.82, 2.24) is 19.7 Å². The second-order valence-electron chi connectivity index (χ2n) is 7.94. The number of carbonyl (C=O) groups is 1. The second-order valence-corrected chi connectivity index (χ2v) is 10.7. The Morgan fingerprint density at radius 2 is 1.27 bits per heavy atom. The molecule has 0 atom stereocenters. The maximum absolute atomic E-state index is 11.8. The zero-order chi connectivity index (χ0) is 30.7. The van der Waals surface area contributed by atoms with Crippen LogP contribution >= 0.6 is 0 Å². The Balaban J connectivity index is 0. The van der Waals surface area contributed by atoms with E-state index in [-0.39, 0.29) is 22.7 Å². The van der Waals surface area contributed by atoms with Crippen LogP contribution in [0.2, 0.25) is 0 Å². The Kier molecular flexibility index (Phi) is 17.6. The first-order valence-corrected chi connectivity index (χ1v) is 13.7. The maximum atomic E-state index is 11.8. The van der Waals surface area contributed by atoms with Crippen LogP contribution in [0.4, 0.5) is 26.3 Å². The van der Waals surface area contributed by atoms with Gasteiger partial charge >= 0.3 is 33.8 Å². The molecule has 1 aliphatic rings. The van der Waals surface area contributed by atoms with Gasteiger partial charge in [0.2, 0.25) is 0 Å². The SMILES string of the molecule is CCOC(=O)c1ccnc(CN2CCN(C)CCN(C)CC2)c1.O=S(=O)([O-])C(F)(F)F.O=S(=O)([O-])C(F)(F)F.[Co+2]. The van der Waals surface area contributed by atoms with Crippen molar-refractivity contribution in [3.05, 3.63) is 29.6 Å². The van der Waals surface area contributed by atoms with Crippen LogP contribution in [0.3, 0.4) is 0 Å². The molecule has 0 aromatic carbocycles.